The number of para-hydroxylation sites is 14. The lowest BCUT2D eigenvalue weighted by atomic mass is 9.95. The molecule has 31 rings (SSSR count). The van der Waals surface area contributed by atoms with Gasteiger partial charge in [-0.1, -0.05) is 372 Å². The van der Waals surface area contributed by atoms with Gasteiger partial charge in [0.05, 0.1) is 89.3 Å². The van der Waals surface area contributed by atoms with Gasteiger partial charge >= 0.3 is 0 Å². The molecule has 19 aromatic carbocycles. The molecule has 25 aromatic rings. The monoisotopic (exact) mass is 2010 g/mol. The largest absolute Gasteiger partial charge is 0.453 e. The van der Waals surface area contributed by atoms with Crippen molar-refractivity contribution in [2.24, 2.45) is 0 Å². The number of fused-ring (bicyclic) bond motifs is 13. The van der Waals surface area contributed by atoms with Crippen molar-refractivity contribution in [2.45, 2.75) is 85.6 Å². The van der Waals surface area contributed by atoms with E-state index < -0.39 is 14.3 Å². The first-order chi connectivity index (χ1) is 72.2. The highest BCUT2D eigenvalue weighted by atomic mass is 32.2. The van der Waals surface area contributed by atoms with E-state index in [-0.39, 0.29) is 5.41 Å². The third-order valence-corrected chi connectivity index (χ3v) is 37.7. The van der Waals surface area contributed by atoms with Crippen molar-refractivity contribution in [1.29, 1.82) is 0 Å². The molecule has 0 saturated carbocycles. The molecule has 0 fully saturated rings. The third-order valence-electron chi connectivity index (χ3n) is 27.3. The second-order valence-electron chi connectivity index (χ2n) is 37.3. The summed E-state index contributed by atoms with van der Waals surface area (Å²) >= 11 is 7.33. The summed E-state index contributed by atoms with van der Waals surface area (Å²) in [5.41, 5.74) is 22.2. The molecule has 0 aliphatic carbocycles. The molecule has 16 nitrogen and oxygen atoms in total. The minimum absolute atomic E-state index is 0.0193. The first kappa shape index (κ1) is 90.7. The van der Waals surface area contributed by atoms with Gasteiger partial charge in [0.1, 0.15) is 40.2 Å². The minimum atomic E-state index is -3.25. The molecule has 0 spiro atoms. The van der Waals surface area contributed by atoms with Crippen LogP contribution >= 0.6 is 61.3 Å². The molecule has 147 heavy (non-hydrogen) atoms. The maximum atomic E-state index is 15.0. The van der Waals surface area contributed by atoms with Crippen molar-refractivity contribution in [2.75, 3.05) is 0 Å². The molecule has 6 aliphatic heterocycles. The lowest BCUT2D eigenvalue weighted by molar-refractivity contribution is 0.475. The van der Waals surface area contributed by atoms with E-state index in [4.69, 9.17) is 34.4 Å². The predicted octanol–water partition coefficient (Wildman–Crippen LogP) is 30.2. The van der Waals surface area contributed by atoms with Crippen LogP contribution < -0.4 is 41.6 Å². The number of rotatable bonds is 9. The van der Waals surface area contributed by atoms with Crippen LogP contribution in [0.3, 0.4) is 0 Å². The van der Waals surface area contributed by atoms with Crippen molar-refractivity contribution < 1.29 is 18.6 Å². The number of hydrogen-bond donors (Lipinski definition) is 0. The Hall–Kier alpha value is -16.3. The van der Waals surface area contributed by atoms with Crippen LogP contribution in [0.2, 0.25) is 0 Å². The number of benzene rings is 19. The Morgan fingerprint density at radius 3 is 1.11 bits per heavy atom. The Balaban J connectivity index is 0.0000000912. The highest BCUT2D eigenvalue weighted by molar-refractivity contribution is 8.00. The van der Waals surface area contributed by atoms with E-state index in [1.807, 2.05) is 282 Å². The summed E-state index contributed by atoms with van der Waals surface area (Å²) in [5, 5.41) is 6.43. The van der Waals surface area contributed by atoms with Crippen LogP contribution in [0.15, 0.2) is 482 Å². The maximum absolute atomic E-state index is 15.0. The summed E-state index contributed by atoms with van der Waals surface area (Å²) in [5.74, 6) is 8.21. The smallest absolute Gasteiger partial charge is 0.205 e. The fourth-order valence-corrected chi connectivity index (χ4v) is 30.4. The number of nitrogens with zero attached hydrogens (tertiary/aromatic N) is 12. The van der Waals surface area contributed by atoms with Gasteiger partial charge < -0.3 is 18.6 Å². The van der Waals surface area contributed by atoms with Gasteiger partial charge in [0.15, 0.2) is 35.7 Å². The zero-order chi connectivity index (χ0) is 98.8. The molecular weight excluding hydrogens is 1920 g/mol. The molecule has 6 aliphatic rings. The summed E-state index contributed by atoms with van der Waals surface area (Å²) in [7, 11) is -6.28. The van der Waals surface area contributed by atoms with Crippen molar-refractivity contribution in [3.8, 4) is 79.9 Å². The fourth-order valence-electron chi connectivity index (χ4n) is 20.7. The number of aromatic nitrogens is 12. The molecular formula is C125H90N12O4P2S4. The number of imidazole rings is 6. The van der Waals surface area contributed by atoms with Gasteiger partial charge in [0.25, 0.3) is 0 Å². The molecule has 12 heterocycles. The molecule has 0 atom stereocenters. The van der Waals surface area contributed by atoms with Gasteiger partial charge in [0.2, 0.25) is 7.14 Å². The van der Waals surface area contributed by atoms with Gasteiger partial charge in [-0.15, -0.1) is 0 Å². The molecule has 6 aromatic heterocycles. The zero-order valence-corrected chi connectivity index (χ0v) is 85.4. The highest BCUT2D eigenvalue weighted by Gasteiger charge is 2.40. The standard InChI is InChI=1S/C31H21N2O2P.C25H17N2O2P.C23H14N2S.C17H16N2S.C15H12N2S.C14H10N2S/c34-36(23-10-3-1-4-11-23,24-12-5-2-6-13-24)25-20-18-22(19-21-25)31-32-26-14-9-17-29-30(26)33(31)27-15-7-8-16-28(27)35-29;28-30(18-10-3-1-4-11-18,19-12-5-2-6-13-19)25-26-20-14-9-17-23-24(20)27(25)21-15-7-8-16-22(21)29-23;1-2-9-16-15(7-1)8-5-10-17(16)23-24-18-11-6-14-21-22(18)25(23)19-12-3-4-13-20(19)26-21;1-17(2,3)16-18-11-7-6-10-14-15(11)19(16)12-8-4-5-9-13(12)20-14;1-2-14-16-10-6-5-9-13-15(10)17(14)11-7-3-4-8-12(11)18-13;1-9-15-10-5-4-8-13-14(10)16(9)11-6-2-3-7-12(11)17-13/h1-21H;1-17H;1-14H;4-10H,1-3H3;3-9H,2H2,1H3;2-8H,1H3. The van der Waals surface area contributed by atoms with Gasteiger partial charge in [-0.25, -0.2) is 29.9 Å². The molecule has 0 N–H and O–H groups in total. The van der Waals surface area contributed by atoms with Crippen molar-refractivity contribution in [3.63, 3.8) is 0 Å². The average Bonchev–Trinajstić information content (AvgIpc) is 1.56. The lowest BCUT2D eigenvalue weighted by Gasteiger charge is -2.24. The van der Waals surface area contributed by atoms with E-state index in [1.54, 1.807) is 0 Å². The summed E-state index contributed by atoms with van der Waals surface area (Å²) in [6, 6.07) is 149. The van der Waals surface area contributed by atoms with E-state index in [9.17, 15) is 9.13 Å². The van der Waals surface area contributed by atoms with Crippen molar-refractivity contribution in [1.82, 2.24) is 57.3 Å². The van der Waals surface area contributed by atoms with Crippen LogP contribution in [-0.2, 0) is 21.0 Å². The van der Waals surface area contributed by atoms with Gasteiger partial charge in [-0.3, -0.25) is 27.4 Å². The van der Waals surface area contributed by atoms with Crippen LogP contribution in [0.1, 0.15) is 45.2 Å². The topological polar surface area (TPSA) is 160 Å². The van der Waals surface area contributed by atoms with E-state index >= 15 is 0 Å². The summed E-state index contributed by atoms with van der Waals surface area (Å²) in [6.45, 7) is 10.9. The highest BCUT2D eigenvalue weighted by Crippen LogP contribution is 2.54. The Bertz CT molecular complexity index is 9560. The Morgan fingerprint density at radius 1 is 0.265 bits per heavy atom. The molecule has 0 unspecified atom stereocenters. The Morgan fingerprint density at radius 2 is 0.599 bits per heavy atom. The molecule has 0 radical (unpaired) electrons. The average molecular weight is 2010 g/mol. The first-order valence-corrected chi connectivity index (χ1v) is 55.6. The normalized spacial score (nSPS) is 12.6. The number of aryl methyl sites for hydroxylation is 2. The van der Waals surface area contributed by atoms with E-state index in [2.05, 4.69) is 275 Å². The van der Waals surface area contributed by atoms with Gasteiger partial charge in [0, 0.05) is 88.6 Å². The SMILES string of the molecule is CC(C)(C)c1nc2cccc3c2n1-c1ccccc1S3.CCc1nc2cccc3c2n1-c1ccccc1S3.Cc1nc2cccc3c2n1-c1ccccc1S3.O=P(c1ccccc1)(c1ccccc1)c1ccc(-c2nc3cccc4c3n2-c2ccccc2O4)cc1.O=P(c1ccccc1)(c1ccccc1)c1nc2cccc3c2n1-c1ccccc1O3.c1ccc2c(c1)Sc1cccc3nc(-c4cccc5ccccc45)n-2c13. The molecule has 0 bridgehead atoms. The Kier molecular flexibility index (Phi) is 22.9. The minimum Gasteiger partial charge on any atom is -0.453 e. The first-order valence-electron chi connectivity index (χ1n) is 48.9. The predicted molar refractivity (Wildman–Crippen MR) is 603 cm³/mol. The molecule has 708 valence electrons. The summed E-state index contributed by atoms with van der Waals surface area (Å²) < 4.78 is 55.4. The van der Waals surface area contributed by atoms with Gasteiger partial charge in [-0.2, -0.15) is 0 Å². The second kappa shape index (κ2) is 37.1. The van der Waals surface area contributed by atoms with E-state index in [0.29, 0.717) is 5.57 Å². The summed E-state index contributed by atoms with van der Waals surface area (Å²) in [4.78, 5) is 39.6. The van der Waals surface area contributed by atoms with E-state index in [0.717, 1.165) is 146 Å². The van der Waals surface area contributed by atoms with Crippen molar-refractivity contribution in [3.05, 3.63) is 460 Å². The van der Waals surface area contributed by atoms with Gasteiger partial charge in [-0.05, 0) is 163 Å². The quantitative estimate of drug-likeness (QED) is 0.126. The Labute approximate surface area is 865 Å². The van der Waals surface area contributed by atoms with Crippen LogP contribution in [-0.4, -0.2) is 57.3 Å². The molecule has 0 amide bonds. The van der Waals surface area contributed by atoms with Crippen LogP contribution in [0, 0.1) is 6.92 Å². The zero-order valence-electron chi connectivity index (χ0n) is 80.4. The third kappa shape index (κ3) is 15.6. The molecule has 0 saturated heterocycles. The summed E-state index contributed by atoms with van der Waals surface area (Å²) in [6.07, 6.45) is 0.952. The fraction of sp³-hybridized carbons (Fsp3) is 0.0560. The lowest BCUT2D eigenvalue weighted by Crippen LogP contribution is -2.31. The molecule has 22 heteroatoms. The van der Waals surface area contributed by atoms with Crippen molar-refractivity contribution >= 4 is 170 Å². The second-order valence-corrected chi connectivity index (χ2v) is 47.1. The number of ether oxygens (including phenoxy) is 2. The maximum Gasteiger partial charge on any atom is 0.205 e. The van der Waals surface area contributed by atoms with Crippen LogP contribution in [0.5, 0.6) is 23.0 Å². The number of hydrogen-bond acceptors (Lipinski definition) is 14. The van der Waals surface area contributed by atoms with E-state index in [1.165, 1.54) is 100 Å². The van der Waals surface area contributed by atoms with Crippen LogP contribution in [0.25, 0.3) is 134 Å². The van der Waals surface area contributed by atoms with Crippen LogP contribution in [0.4, 0.5) is 0 Å².